The summed E-state index contributed by atoms with van der Waals surface area (Å²) >= 11 is 0. The quantitative estimate of drug-likeness (QED) is 0.520. The predicted molar refractivity (Wildman–Crippen MR) is 129 cm³/mol. The number of rotatable bonds is 9. The first-order valence-electron chi connectivity index (χ1n) is 10.5. The number of anilines is 2. The normalized spacial score (nSPS) is 11.2. The summed E-state index contributed by atoms with van der Waals surface area (Å²) in [5.41, 5.74) is 5.68. The third kappa shape index (κ3) is 6.92. The number of nitrogens with zero attached hydrogens (tertiary/aromatic N) is 2. The van der Waals surface area contributed by atoms with Gasteiger partial charge in [-0.15, -0.1) is 0 Å². The summed E-state index contributed by atoms with van der Waals surface area (Å²) in [4.78, 5) is 16.4. The standard InChI is InChI=1S/C25H29N3O3S/c1-19-15-20(2)17-24(16-19)28(32(3,30)31)14-4-5-25(29)27-23-8-6-21(7-9-23)18-22-10-12-26-13-11-22/h6-13,15-17H,4-5,14,18H2,1-3H3,(H,27,29). The molecule has 6 nitrogen and oxygen atoms in total. The molecular formula is C25H29N3O3S. The Hall–Kier alpha value is -3.19. The fourth-order valence-electron chi connectivity index (χ4n) is 3.63. The van der Waals surface area contributed by atoms with E-state index in [2.05, 4.69) is 10.3 Å². The largest absolute Gasteiger partial charge is 0.326 e. The first kappa shape index (κ1) is 23.5. The summed E-state index contributed by atoms with van der Waals surface area (Å²) in [6, 6.07) is 17.4. The van der Waals surface area contributed by atoms with E-state index in [0.717, 1.165) is 28.8 Å². The Morgan fingerprint density at radius 1 is 0.938 bits per heavy atom. The van der Waals surface area contributed by atoms with Crippen molar-refractivity contribution in [1.82, 2.24) is 4.98 Å². The van der Waals surface area contributed by atoms with Crippen LogP contribution in [0.15, 0.2) is 67.0 Å². The molecule has 0 unspecified atom stereocenters. The lowest BCUT2D eigenvalue weighted by atomic mass is 10.1. The lowest BCUT2D eigenvalue weighted by molar-refractivity contribution is -0.116. The minimum Gasteiger partial charge on any atom is -0.326 e. The summed E-state index contributed by atoms with van der Waals surface area (Å²) in [7, 11) is -3.44. The van der Waals surface area contributed by atoms with Crippen LogP contribution in [-0.4, -0.2) is 32.1 Å². The topological polar surface area (TPSA) is 79.4 Å². The van der Waals surface area contributed by atoms with Gasteiger partial charge in [-0.2, -0.15) is 0 Å². The molecule has 2 aromatic carbocycles. The number of carbonyl (C=O) groups excluding carboxylic acids is 1. The number of nitrogens with one attached hydrogen (secondary N) is 1. The fraction of sp³-hybridized carbons (Fsp3) is 0.280. The van der Waals surface area contributed by atoms with E-state index in [-0.39, 0.29) is 18.9 Å². The maximum Gasteiger partial charge on any atom is 0.232 e. The zero-order valence-corrected chi connectivity index (χ0v) is 19.5. The van der Waals surface area contributed by atoms with E-state index in [1.54, 1.807) is 12.4 Å². The molecule has 0 spiro atoms. The van der Waals surface area contributed by atoms with Gasteiger partial charge in [0, 0.05) is 31.0 Å². The third-order valence-corrected chi connectivity index (χ3v) is 6.25. The van der Waals surface area contributed by atoms with Gasteiger partial charge in [-0.1, -0.05) is 18.2 Å². The highest BCUT2D eigenvalue weighted by molar-refractivity contribution is 7.92. The number of benzene rings is 2. The SMILES string of the molecule is Cc1cc(C)cc(N(CCCC(=O)Nc2ccc(Cc3ccncc3)cc2)S(C)(=O)=O)c1. The molecule has 168 valence electrons. The minimum absolute atomic E-state index is 0.138. The Kier molecular flexibility index (Phi) is 7.64. The second kappa shape index (κ2) is 10.4. The summed E-state index contributed by atoms with van der Waals surface area (Å²) in [6.45, 7) is 4.12. The van der Waals surface area contributed by atoms with E-state index in [0.29, 0.717) is 12.1 Å². The molecule has 0 radical (unpaired) electrons. The summed E-state index contributed by atoms with van der Waals surface area (Å²) < 4.78 is 26.0. The Balaban J connectivity index is 1.54. The molecule has 0 fully saturated rings. The van der Waals surface area contributed by atoms with Crippen LogP contribution in [0.2, 0.25) is 0 Å². The molecular weight excluding hydrogens is 422 g/mol. The van der Waals surface area contributed by atoms with Crippen molar-refractivity contribution in [2.24, 2.45) is 0 Å². The highest BCUT2D eigenvalue weighted by Crippen LogP contribution is 2.22. The second-order valence-corrected chi connectivity index (χ2v) is 9.97. The van der Waals surface area contributed by atoms with Crippen molar-refractivity contribution in [2.45, 2.75) is 33.1 Å². The number of amides is 1. The van der Waals surface area contributed by atoms with Gasteiger partial charge in [0.25, 0.3) is 0 Å². The second-order valence-electron chi connectivity index (χ2n) is 8.06. The van der Waals surface area contributed by atoms with Gasteiger partial charge in [0.2, 0.25) is 15.9 Å². The Morgan fingerprint density at radius 3 is 2.12 bits per heavy atom. The molecule has 32 heavy (non-hydrogen) atoms. The van der Waals surface area contributed by atoms with Crippen LogP contribution < -0.4 is 9.62 Å². The number of hydrogen-bond acceptors (Lipinski definition) is 4. The zero-order valence-electron chi connectivity index (χ0n) is 18.7. The molecule has 1 heterocycles. The predicted octanol–water partition coefficient (Wildman–Crippen LogP) is 4.47. The van der Waals surface area contributed by atoms with Crippen molar-refractivity contribution < 1.29 is 13.2 Å². The fourth-order valence-corrected chi connectivity index (χ4v) is 4.58. The smallest absolute Gasteiger partial charge is 0.232 e. The Labute approximate surface area is 190 Å². The van der Waals surface area contributed by atoms with E-state index in [1.165, 1.54) is 16.1 Å². The molecule has 0 saturated carbocycles. The molecule has 3 rings (SSSR count). The highest BCUT2D eigenvalue weighted by Gasteiger charge is 2.18. The summed E-state index contributed by atoms with van der Waals surface area (Å²) in [6.07, 6.45) is 6.19. The van der Waals surface area contributed by atoms with Crippen molar-refractivity contribution in [1.29, 1.82) is 0 Å². The lowest BCUT2D eigenvalue weighted by Gasteiger charge is -2.23. The zero-order chi connectivity index (χ0) is 23.1. The van der Waals surface area contributed by atoms with Crippen LogP contribution in [-0.2, 0) is 21.2 Å². The van der Waals surface area contributed by atoms with Crippen molar-refractivity contribution in [3.63, 3.8) is 0 Å². The number of aromatic nitrogens is 1. The highest BCUT2D eigenvalue weighted by atomic mass is 32.2. The maximum atomic E-state index is 12.4. The summed E-state index contributed by atoms with van der Waals surface area (Å²) in [5.74, 6) is -0.138. The molecule has 7 heteroatoms. The van der Waals surface area contributed by atoms with Crippen molar-refractivity contribution in [3.8, 4) is 0 Å². The van der Waals surface area contributed by atoms with Gasteiger partial charge >= 0.3 is 0 Å². The van der Waals surface area contributed by atoms with Crippen molar-refractivity contribution in [2.75, 3.05) is 22.4 Å². The van der Waals surface area contributed by atoms with Crippen LogP contribution in [0.1, 0.15) is 35.1 Å². The van der Waals surface area contributed by atoms with Crippen molar-refractivity contribution >= 4 is 27.3 Å². The first-order valence-corrected chi connectivity index (χ1v) is 12.4. The molecule has 0 aliphatic heterocycles. The average molecular weight is 452 g/mol. The lowest BCUT2D eigenvalue weighted by Crippen LogP contribution is -2.31. The van der Waals surface area contributed by atoms with Crippen LogP contribution >= 0.6 is 0 Å². The van der Waals surface area contributed by atoms with Gasteiger partial charge in [0.1, 0.15) is 0 Å². The van der Waals surface area contributed by atoms with E-state index in [1.807, 2.05) is 68.4 Å². The van der Waals surface area contributed by atoms with Gasteiger partial charge in [-0.25, -0.2) is 8.42 Å². The number of hydrogen-bond donors (Lipinski definition) is 1. The number of aryl methyl sites for hydroxylation is 2. The number of pyridine rings is 1. The molecule has 0 bridgehead atoms. The minimum atomic E-state index is -3.44. The van der Waals surface area contributed by atoms with Crippen LogP contribution in [0.5, 0.6) is 0 Å². The number of sulfonamides is 1. The monoisotopic (exact) mass is 451 g/mol. The van der Waals surface area contributed by atoms with Gasteiger partial charge in [0.15, 0.2) is 0 Å². The maximum absolute atomic E-state index is 12.4. The van der Waals surface area contributed by atoms with Crippen LogP contribution in [0.3, 0.4) is 0 Å². The Bertz CT molecular complexity index is 1140. The van der Waals surface area contributed by atoms with Crippen LogP contribution in [0.4, 0.5) is 11.4 Å². The third-order valence-electron chi connectivity index (χ3n) is 5.06. The molecule has 1 amide bonds. The molecule has 0 aliphatic rings. The Morgan fingerprint density at radius 2 is 1.53 bits per heavy atom. The average Bonchev–Trinajstić information content (AvgIpc) is 2.72. The van der Waals surface area contributed by atoms with Crippen LogP contribution in [0.25, 0.3) is 0 Å². The van der Waals surface area contributed by atoms with Gasteiger partial charge in [0.05, 0.1) is 11.9 Å². The molecule has 1 aromatic heterocycles. The van der Waals surface area contributed by atoms with Gasteiger partial charge in [-0.3, -0.25) is 14.1 Å². The molecule has 0 aliphatic carbocycles. The first-order chi connectivity index (χ1) is 15.2. The van der Waals surface area contributed by atoms with Gasteiger partial charge < -0.3 is 5.32 Å². The van der Waals surface area contributed by atoms with E-state index >= 15 is 0 Å². The van der Waals surface area contributed by atoms with E-state index in [9.17, 15) is 13.2 Å². The molecule has 0 saturated heterocycles. The molecule has 1 N–H and O–H groups in total. The van der Waals surface area contributed by atoms with E-state index in [4.69, 9.17) is 0 Å². The van der Waals surface area contributed by atoms with Crippen molar-refractivity contribution in [3.05, 3.63) is 89.2 Å². The van der Waals surface area contributed by atoms with E-state index < -0.39 is 10.0 Å². The molecule has 0 atom stereocenters. The molecule has 3 aromatic rings. The van der Waals surface area contributed by atoms with Crippen LogP contribution in [0, 0.1) is 13.8 Å². The van der Waals surface area contributed by atoms with Gasteiger partial charge in [-0.05, 0) is 85.3 Å². The summed E-state index contributed by atoms with van der Waals surface area (Å²) in [5, 5.41) is 2.89. The number of carbonyl (C=O) groups is 1.